The summed E-state index contributed by atoms with van der Waals surface area (Å²) in [5, 5.41) is 12.5. The third-order valence-corrected chi connectivity index (χ3v) is 11.1. The number of hydrogen-bond acceptors (Lipinski definition) is 3. The molecule has 0 aliphatic carbocycles. The minimum Gasteiger partial charge on any atom is -0.453 e. The molecular formula is C10H21NO3Si2. The molecule has 1 heterocycles. The predicted octanol–water partition coefficient (Wildman–Crippen LogP) is 0.929. The average molecular weight is 259 g/mol. The number of rotatable bonds is 5. The van der Waals surface area contributed by atoms with E-state index in [-0.39, 0.29) is 11.6 Å². The second-order valence-electron chi connectivity index (χ2n) is 5.15. The van der Waals surface area contributed by atoms with Gasteiger partial charge in [0.2, 0.25) is 14.2 Å². The minimum absolute atomic E-state index is 0.162. The maximum atomic E-state index is 11.1. The van der Waals surface area contributed by atoms with Crippen molar-refractivity contribution in [1.82, 2.24) is 5.32 Å². The molecule has 2 N–H and O–H groups in total. The van der Waals surface area contributed by atoms with E-state index in [0.29, 0.717) is 6.17 Å². The highest BCUT2D eigenvalue weighted by Gasteiger charge is 2.49. The molecule has 6 heteroatoms. The van der Waals surface area contributed by atoms with Gasteiger partial charge in [-0.1, -0.05) is 6.58 Å². The third kappa shape index (κ3) is 3.28. The maximum absolute atomic E-state index is 11.1. The SMILES string of the molecule is C=CC(=O)NC[Si](C)(C)O[Si]1(C)CCC1O. The summed E-state index contributed by atoms with van der Waals surface area (Å²) in [4.78, 5) is 11.1. The van der Waals surface area contributed by atoms with Gasteiger partial charge >= 0.3 is 0 Å². The highest BCUT2D eigenvalue weighted by molar-refractivity contribution is 6.87. The van der Waals surface area contributed by atoms with Crippen molar-refractivity contribution in [3.05, 3.63) is 12.7 Å². The molecule has 16 heavy (non-hydrogen) atoms. The van der Waals surface area contributed by atoms with Crippen LogP contribution in [-0.4, -0.2) is 39.5 Å². The summed E-state index contributed by atoms with van der Waals surface area (Å²) in [6.07, 6.45) is 2.71. The molecule has 1 fully saturated rings. The van der Waals surface area contributed by atoms with E-state index in [2.05, 4.69) is 31.5 Å². The lowest BCUT2D eigenvalue weighted by atomic mass is 10.5. The second kappa shape index (κ2) is 4.83. The Morgan fingerprint density at radius 1 is 1.75 bits per heavy atom. The van der Waals surface area contributed by atoms with E-state index in [1.165, 1.54) is 6.08 Å². The topological polar surface area (TPSA) is 58.6 Å². The van der Waals surface area contributed by atoms with Gasteiger partial charge in [0.1, 0.15) is 0 Å². The lowest BCUT2D eigenvalue weighted by molar-refractivity contribution is -0.116. The van der Waals surface area contributed by atoms with E-state index in [9.17, 15) is 9.90 Å². The molecule has 0 saturated carbocycles. The van der Waals surface area contributed by atoms with E-state index >= 15 is 0 Å². The molecule has 4 nitrogen and oxygen atoms in total. The van der Waals surface area contributed by atoms with Crippen LogP contribution in [0.15, 0.2) is 12.7 Å². The number of hydrogen-bond donors (Lipinski definition) is 2. The van der Waals surface area contributed by atoms with Crippen LogP contribution in [0.25, 0.3) is 0 Å². The van der Waals surface area contributed by atoms with E-state index in [1.807, 2.05) is 0 Å². The zero-order valence-electron chi connectivity index (χ0n) is 10.2. The highest BCUT2D eigenvalue weighted by Crippen LogP contribution is 2.34. The van der Waals surface area contributed by atoms with Crippen molar-refractivity contribution < 1.29 is 14.0 Å². The first-order valence-electron chi connectivity index (χ1n) is 5.58. The zero-order chi connectivity index (χ0) is 12.4. The fourth-order valence-electron chi connectivity index (χ4n) is 1.84. The standard InChI is InChI=1S/C10H21NO3Si2/c1-5-9(12)11-8-15(2,3)14-16(4)7-6-10(16)13/h5,10,13H,1,6-8H2,2-4H3,(H,11,12). The number of aliphatic hydroxyl groups is 1. The Morgan fingerprint density at radius 3 is 2.75 bits per heavy atom. The lowest BCUT2D eigenvalue weighted by Gasteiger charge is -2.46. The molecule has 0 aromatic heterocycles. The van der Waals surface area contributed by atoms with Gasteiger partial charge in [0.05, 0.1) is 5.73 Å². The lowest BCUT2D eigenvalue weighted by Crippen LogP contribution is -2.63. The first-order valence-corrected chi connectivity index (χ1v) is 11.4. The Labute approximate surface area is 99.0 Å². The summed E-state index contributed by atoms with van der Waals surface area (Å²) in [6.45, 7) is 9.62. The van der Waals surface area contributed by atoms with E-state index in [0.717, 1.165) is 12.5 Å². The summed E-state index contributed by atoms with van der Waals surface area (Å²) in [5.74, 6) is -0.162. The highest BCUT2D eigenvalue weighted by atomic mass is 28.4. The van der Waals surface area contributed by atoms with Gasteiger partial charge in [0.25, 0.3) is 0 Å². The molecule has 0 bridgehead atoms. The summed E-state index contributed by atoms with van der Waals surface area (Å²) in [6, 6.07) is 1.03. The van der Waals surface area contributed by atoms with Gasteiger partial charge in [-0.25, -0.2) is 0 Å². The molecule has 0 spiro atoms. The van der Waals surface area contributed by atoms with Gasteiger partial charge < -0.3 is 14.5 Å². The zero-order valence-corrected chi connectivity index (χ0v) is 12.2. The van der Waals surface area contributed by atoms with Crippen molar-refractivity contribution in [2.45, 2.75) is 37.8 Å². The molecule has 0 radical (unpaired) electrons. The van der Waals surface area contributed by atoms with Crippen LogP contribution in [0.4, 0.5) is 0 Å². The largest absolute Gasteiger partial charge is 0.453 e. The van der Waals surface area contributed by atoms with E-state index in [4.69, 9.17) is 4.12 Å². The van der Waals surface area contributed by atoms with Crippen LogP contribution in [0.5, 0.6) is 0 Å². The molecule has 1 rings (SSSR count). The normalized spacial score (nSPS) is 29.4. The number of aliphatic hydroxyl groups excluding tert-OH is 1. The Balaban J connectivity index is 2.45. The van der Waals surface area contributed by atoms with Gasteiger partial charge in [-0.3, -0.25) is 4.79 Å². The quantitative estimate of drug-likeness (QED) is 0.570. The summed E-state index contributed by atoms with van der Waals surface area (Å²) in [7, 11) is -3.78. The van der Waals surface area contributed by atoms with Crippen LogP contribution in [-0.2, 0) is 8.91 Å². The maximum Gasteiger partial charge on any atom is 0.243 e. The fourth-order valence-corrected chi connectivity index (χ4v) is 10.1. The predicted molar refractivity (Wildman–Crippen MR) is 68.8 cm³/mol. The molecule has 2 unspecified atom stereocenters. The Hall–Kier alpha value is -0.436. The van der Waals surface area contributed by atoms with Gasteiger partial charge in [-0.15, -0.1) is 0 Å². The smallest absolute Gasteiger partial charge is 0.243 e. The Bertz CT molecular complexity index is 296. The molecule has 2 atom stereocenters. The fraction of sp³-hybridized carbons (Fsp3) is 0.700. The van der Waals surface area contributed by atoms with Gasteiger partial charge in [-0.2, -0.15) is 0 Å². The van der Waals surface area contributed by atoms with Crippen LogP contribution in [0.3, 0.4) is 0 Å². The molecule has 1 aliphatic rings. The van der Waals surface area contributed by atoms with E-state index in [1.54, 1.807) is 0 Å². The van der Waals surface area contributed by atoms with Crippen molar-refractivity contribution >= 4 is 22.5 Å². The summed E-state index contributed by atoms with van der Waals surface area (Å²) >= 11 is 0. The van der Waals surface area contributed by atoms with Crippen LogP contribution in [0, 0.1) is 0 Å². The molecule has 1 amide bonds. The van der Waals surface area contributed by atoms with E-state index < -0.39 is 16.6 Å². The van der Waals surface area contributed by atoms with Crippen LogP contribution < -0.4 is 5.32 Å². The molecule has 92 valence electrons. The van der Waals surface area contributed by atoms with Crippen molar-refractivity contribution in [3.8, 4) is 0 Å². The number of nitrogens with one attached hydrogen (secondary N) is 1. The Morgan fingerprint density at radius 2 is 2.38 bits per heavy atom. The molecule has 0 aromatic rings. The first-order chi connectivity index (χ1) is 7.29. The Kier molecular flexibility index (Phi) is 4.11. The minimum atomic E-state index is -1.91. The molecule has 1 saturated heterocycles. The summed E-state index contributed by atoms with van der Waals surface area (Å²) in [5.41, 5.74) is -0.227. The van der Waals surface area contributed by atoms with Crippen molar-refractivity contribution in [1.29, 1.82) is 0 Å². The molecule has 1 aliphatic heterocycles. The third-order valence-electron chi connectivity index (χ3n) is 3.00. The van der Waals surface area contributed by atoms with Crippen LogP contribution >= 0.6 is 0 Å². The van der Waals surface area contributed by atoms with Crippen LogP contribution in [0.2, 0.25) is 25.7 Å². The van der Waals surface area contributed by atoms with Crippen LogP contribution in [0.1, 0.15) is 6.42 Å². The summed E-state index contributed by atoms with van der Waals surface area (Å²) < 4.78 is 6.15. The molecular weight excluding hydrogens is 238 g/mol. The van der Waals surface area contributed by atoms with Crippen molar-refractivity contribution in [2.24, 2.45) is 0 Å². The monoisotopic (exact) mass is 259 g/mol. The van der Waals surface area contributed by atoms with Crippen molar-refractivity contribution in [2.75, 3.05) is 6.17 Å². The van der Waals surface area contributed by atoms with Gasteiger partial charge in [0.15, 0.2) is 8.32 Å². The van der Waals surface area contributed by atoms with Gasteiger partial charge in [0, 0.05) is 6.17 Å². The average Bonchev–Trinajstić information content (AvgIpc) is 2.23. The molecule has 0 aromatic carbocycles. The van der Waals surface area contributed by atoms with Crippen molar-refractivity contribution in [3.63, 3.8) is 0 Å². The number of carbonyl (C=O) groups excluding carboxylic acids is 1. The number of carbonyl (C=O) groups is 1. The number of amides is 1. The van der Waals surface area contributed by atoms with Gasteiger partial charge in [-0.05, 0) is 38.2 Å². The first kappa shape index (κ1) is 13.6. The second-order valence-corrected chi connectivity index (χ2v) is 13.6.